The molecule has 6 aromatic rings. The topological polar surface area (TPSA) is 69.6 Å². The van der Waals surface area contributed by atoms with Crippen molar-refractivity contribution in [3.8, 4) is 17.3 Å². The van der Waals surface area contributed by atoms with Gasteiger partial charge in [-0.2, -0.15) is 9.78 Å². The van der Waals surface area contributed by atoms with Gasteiger partial charge in [0.05, 0.1) is 23.2 Å². The van der Waals surface area contributed by atoms with Crippen LogP contribution in [0.15, 0.2) is 104 Å². The van der Waals surface area contributed by atoms with E-state index in [4.69, 9.17) is 19.2 Å². The van der Waals surface area contributed by atoms with Crippen molar-refractivity contribution in [3.05, 3.63) is 105 Å². The first kappa shape index (κ1) is 24.1. The standard InChI is InChI=1S/C31H24BrN3O3/c1-3-19(2)37-28-14-12-20-8-4-5-9-23(20)25(28)18-33-35-30(34-26-11-7-6-10-24(26)31(35)36)29-17-21-16-22(32)13-15-27(21)38-29/h4-19H,3H2,1-2H3/t19-/m1/s1. The summed E-state index contributed by atoms with van der Waals surface area (Å²) in [5, 5.41) is 8.10. The van der Waals surface area contributed by atoms with Crippen LogP contribution in [0.3, 0.4) is 0 Å². The first-order valence-electron chi connectivity index (χ1n) is 12.5. The Morgan fingerprint density at radius 3 is 2.63 bits per heavy atom. The molecule has 0 aliphatic rings. The number of hydrogen-bond donors (Lipinski definition) is 0. The minimum absolute atomic E-state index is 0.0267. The van der Waals surface area contributed by atoms with Gasteiger partial charge in [0.15, 0.2) is 5.76 Å². The predicted molar refractivity (Wildman–Crippen MR) is 156 cm³/mol. The van der Waals surface area contributed by atoms with E-state index in [1.165, 1.54) is 4.68 Å². The van der Waals surface area contributed by atoms with E-state index in [0.717, 1.165) is 32.6 Å². The summed E-state index contributed by atoms with van der Waals surface area (Å²) in [6, 6.07) is 26.9. The molecule has 2 aromatic heterocycles. The predicted octanol–water partition coefficient (Wildman–Crippen LogP) is 7.78. The van der Waals surface area contributed by atoms with Crippen LogP contribution >= 0.6 is 15.9 Å². The third-order valence-electron chi connectivity index (χ3n) is 6.59. The first-order chi connectivity index (χ1) is 18.5. The molecule has 188 valence electrons. The summed E-state index contributed by atoms with van der Waals surface area (Å²) in [6.45, 7) is 4.11. The van der Waals surface area contributed by atoms with Crippen LogP contribution in [0.4, 0.5) is 0 Å². The number of fused-ring (bicyclic) bond motifs is 3. The van der Waals surface area contributed by atoms with Crippen molar-refractivity contribution >= 4 is 54.8 Å². The third kappa shape index (κ3) is 4.39. The summed E-state index contributed by atoms with van der Waals surface area (Å²) >= 11 is 3.51. The van der Waals surface area contributed by atoms with Gasteiger partial charge in [-0.25, -0.2) is 4.98 Å². The van der Waals surface area contributed by atoms with Crippen LogP contribution in [-0.2, 0) is 0 Å². The Balaban J connectivity index is 1.58. The minimum atomic E-state index is -0.284. The molecule has 0 fully saturated rings. The molecule has 2 heterocycles. The van der Waals surface area contributed by atoms with Crippen molar-refractivity contribution < 1.29 is 9.15 Å². The molecule has 0 N–H and O–H groups in total. The SMILES string of the molecule is CC[C@@H](C)Oc1ccc2ccccc2c1C=Nn1c(-c2cc3cc(Br)ccc3o2)nc2ccccc2c1=O. The summed E-state index contributed by atoms with van der Waals surface area (Å²) in [6.07, 6.45) is 2.57. The van der Waals surface area contributed by atoms with E-state index >= 15 is 0 Å². The number of benzene rings is 4. The molecular formula is C31H24BrN3O3. The lowest BCUT2D eigenvalue weighted by atomic mass is 10.0. The maximum absolute atomic E-state index is 13.7. The molecule has 6 nitrogen and oxygen atoms in total. The van der Waals surface area contributed by atoms with Gasteiger partial charge in [0, 0.05) is 15.4 Å². The fourth-order valence-electron chi connectivity index (χ4n) is 4.44. The molecule has 0 unspecified atom stereocenters. The van der Waals surface area contributed by atoms with Crippen molar-refractivity contribution in [2.45, 2.75) is 26.4 Å². The van der Waals surface area contributed by atoms with Crippen molar-refractivity contribution in [3.63, 3.8) is 0 Å². The Hall–Kier alpha value is -4.23. The molecular weight excluding hydrogens is 542 g/mol. The lowest BCUT2D eigenvalue weighted by Crippen LogP contribution is -2.20. The normalized spacial score (nSPS) is 12.6. The monoisotopic (exact) mass is 565 g/mol. The van der Waals surface area contributed by atoms with Gasteiger partial charge in [-0.15, -0.1) is 0 Å². The van der Waals surface area contributed by atoms with Gasteiger partial charge in [-0.3, -0.25) is 4.79 Å². The van der Waals surface area contributed by atoms with Crippen LogP contribution in [0.25, 0.3) is 44.2 Å². The molecule has 0 amide bonds. The number of ether oxygens (including phenoxy) is 1. The number of rotatable bonds is 6. The van der Waals surface area contributed by atoms with E-state index in [1.54, 1.807) is 12.3 Å². The van der Waals surface area contributed by atoms with Gasteiger partial charge in [-0.05, 0) is 66.6 Å². The number of hydrogen-bond acceptors (Lipinski definition) is 5. The first-order valence-corrected chi connectivity index (χ1v) is 13.2. The van der Waals surface area contributed by atoms with Gasteiger partial charge < -0.3 is 9.15 Å². The zero-order chi connectivity index (χ0) is 26.2. The summed E-state index contributed by atoms with van der Waals surface area (Å²) in [5.41, 5.74) is 1.78. The van der Waals surface area contributed by atoms with Crippen LogP contribution < -0.4 is 10.3 Å². The number of nitrogens with zero attached hydrogens (tertiary/aromatic N) is 3. The van der Waals surface area contributed by atoms with E-state index in [-0.39, 0.29) is 11.7 Å². The maximum atomic E-state index is 13.7. The van der Waals surface area contributed by atoms with Crippen LogP contribution in [0.1, 0.15) is 25.8 Å². The number of furan rings is 1. The van der Waals surface area contributed by atoms with Crippen molar-refractivity contribution in [2.24, 2.45) is 5.10 Å². The highest BCUT2D eigenvalue weighted by molar-refractivity contribution is 9.10. The summed E-state index contributed by atoms with van der Waals surface area (Å²) in [7, 11) is 0. The highest BCUT2D eigenvalue weighted by atomic mass is 79.9. The van der Waals surface area contributed by atoms with Crippen LogP contribution in [0, 0.1) is 0 Å². The van der Waals surface area contributed by atoms with Crippen molar-refractivity contribution in [1.82, 2.24) is 9.66 Å². The van der Waals surface area contributed by atoms with E-state index in [2.05, 4.69) is 22.9 Å². The Labute approximate surface area is 227 Å². The second-order valence-corrected chi connectivity index (χ2v) is 10.1. The van der Waals surface area contributed by atoms with Crippen LogP contribution in [-0.4, -0.2) is 22.0 Å². The Morgan fingerprint density at radius 1 is 1.00 bits per heavy atom. The quantitative estimate of drug-likeness (QED) is 0.193. The second kappa shape index (κ2) is 9.91. The fourth-order valence-corrected chi connectivity index (χ4v) is 4.82. The zero-order valence-electron chi connectivity index (χ0n) is 20.9. The smallest absolute Gasteiger partial charge is 0.282 e. The average Bonchev–Trinajstić information content (AvgIpc) is 3.36. The highest BCUT2D eigenvalue weighted by Crippen LogP contribution is 2.30. The Bertz CT molecular complexity index is 1900. The molecule has 0 saturated carbocycles. The largest absolute Gasteiger partial charge is 0.490 e. The third-order valence-corrected chi connectivity index (χ3v) is 7.08. The molecule has 6 rings (SSSR count). The number of aromatic nitrogens is 2. The molecule has 0 spiro atoms. The van der Waals surface area contributed by atoms with E-state index in [1.807, 2.05) is 85.8 Å². The Morgan fingerprint density at radius 2 is 1.79 bits per heavy atom. The molecule has 38 heavy (non-hydrogen) atoms. The van der Waals surface area contributed by atoms with Crippen molar-refractivity contribution in [1.29, 1.82) is 0 Å². The zero-order valence-corrected chi connectivity index (χ0v) is 22.5. The summed E-state index contributed by atoms with van der Waals surface area (Å²) < 4.78 is 14.6. The van der Waals surface area contributed by atoms with Crippen LogP contribution in [0.5, 0.6) is 5.75 Å². The number of para-hydroxylation sites is 1. The maximum Gasteiger partial charge on any atom is 0.282 e. The van der Waals surface area contributed by atoms with Gasteiger partial charge in [0.1, 0.15) is 11.3 Å². The molecule has 4 aromatic carbocycles. The minimum Gasteiger partial charge on any atom is -0.490 e. The lowest BCUT2D eigenvalue weighted by molar-refractivity contribution is 0.217. The Kier molecular flexibility index (Phi) is 6.29. The van der Waals surface area contributed by atoms with Gasteiger partial charge >= 0.3 is 0 Å². The van der Waals surface area contributed by atoms with Gasteiger partial charge in [-0.1, -0.05) is 65.3 Å². The molecule has 1 atom stereocenters. The molecule has 0 aliphatic carbocycles. The van der Waals surface area contributed by atoms with E-state index in [0.29, 0.717) is 33.8 Å². The molecule has 0 bridgehead atoms. The molecule has 0 aliphatic heterocycles. The highest BCUT2D eigenvalue weighted by Gasteiger charge is 2.17. The van der Waals surface area contributed by atoms with E-state index in [9.17, 15) is 4.79 Å². The number of halogens is 1. The molecule has 0 saturated heterocycles. The van der Waals surface area contributed by atoms with E-state index < -0.39 is 0 Å². The average molecular weight is 566 g/mol. The van der Waals surface area contributed by atoms with Crippen LogP contribution in [0.2, 0.25) is 0 Å². The van der Waals surface area contributed by atoms with Gasteiger partial charge in [0.2, 0.25) is 5.82 Å². The summed E-state index contributed by atoms with van der Waals surface area (Å²) in [5.74, 6) is 1.48. The summed E-state index contributed by atoms with van der Waals surface area (Å²) in [4.78, 5) is 18.5. The van der Waals surface area contributed by atoms with Crippen molar-refractivity contribution in [2.75, 3.05) is 0 Å². The lowest BCUT2D eigenvalue weighted by Gasteiger charge is -2.16. The van der Waals surface area contributed by atoms with Gasteiger partial charge in [0.25, 0.3) is 5.56 Å². The molecule has 0 radical (unpaired) electrons. The molecule has 7 heteroatoms. The fraction of sp³-hybridized carbons (Fsp3) is 0.129. The second-order valence-electron chi connectivity index (χ2n) is 9.14.